The molecule has 1 aromatic rings. The van der Waals surface area contributed by atoms with Gasteiger partial charge in [0.1, 0.15) is 0 Å². The summed E-state index contributed by atoms with van der Waals surface area (Å²) >= 11 is 0. The molecule has 1 rings (SSSR count). The van der Waals surface area contributed by atoms with Crippen molar-refractivity contribution in [3.63, 3.8) is 0 Å². The fourth-order valence-electron chi connectivity index (χ4n) is 2.08. The van der Waals surface area contributed by atoms with Gasteiger partial charge in [0.25, 0.3) is 0 Å². The Morgan fingerprint density at radius 2 is 2.06 bits per heavy atom. The van der Waals surface area contributed by atoms with Gasteiger partial charge in [-0.1, -0.05) is 33.1 Å². The first-order valence-electron chi connectivity index (χ1n) is 6.90. The second-order valence-electron chi connectivity index (χ2n) is 4.81. The molecule has 96 valence electrons. The minimum atomic E-state index is 0.666. The van der Waals surface area contributed by atoms with Crippen LogP contribution < -0.4 is 5.32 Å². The van der Waals surface area contributed by atoms with Crippen LogP contribution in [0, 0.1) is 6.92 Å². The molecule has 17 heavy (non-hydrogen) atoms. The van der Waals surface area contributed by atoms with Crippen molar-refractivity contribution in [1.82, 2.24) is 10.3 Å². The van der Waals surface area contributed by atoms with E-state index >= 15 is 0 Å². The predicted molar refractivity (Wildman–Crippen MR) is 74.0 cm³/mol. The molecule has 1 unspecified atom stereocenters. The van der Waals surface area contributed by atoms with Gasteiger partial charge in [0, 0.05) is 25.0 Å². The van der Waals surface area contributed by atoms with Crippen LogP contribution in [0.15, 0.2) is 18.5 Å². The van der Waals surface area contributed by atoms with E-state index < -0.39 is 0 Å². The molecule has 0 aromatic carbocycles. The summed E-state index contributed by atoms with van der Waals surface area (Å²) in [5, 5.41) is 3.67. The van der Waals surface area contributed by atoms with E-state index in [1.807, 2.05) is 12.4 Å². The van der Waals surface area contributed by atoms with E-state index in [0.717, 1.165) is 6.54 Å². The van der Waals surface area contributed by atoms with Crippen molar-refractivity contribution < 1.29 is 0 Å². The Balaban J connectivity index is 2.42. The Hall–Kier alpha value is -0.890. The lowest BCUT2D eigenvalue weighted by Gasteiger charge is -2.18. The monoisotopic (exact) mass is 234 g/mol. The van der Waals surface area contributed by atoms with Crippen LogP contribution in [-0.2, 0) is 6.54 Å². The van der Waals surface area contributed by atoms with Crippen LogP contribution in [0.2, 0.25) is 0 Å². The lowest BCUT2D eigenvalue weighted by Crippen LogP contribution is -2.28. The summed E-state index contributed by atoms with van der Waals surface area (Å²) < 4.78 is 0. The SMILES string of the molecule is CCCCC(CCC)NCc1cnccc1C. The summed E-state index contributed by atoms with van der Waals surface area (Å²) in [6, 6.07) is 2.75. The smallest absolute Gasteiger partial charge is 0.0315 e. The molecule has 0 saturated heterocycles. The van der Waals surface area contributed by atoms with Gasteiger partial charge in [0.05, 0.1) is 0 Å². The summed E-state index contributed by atoms with van der Waals surface area (Å²) in [6.45, 7) is 7.62. The quantitative estimate of drug-likeness (QED) is 0.739. The van der Waals surface area contributed by atoms with Gasteiger partial charge < -0.3 is 5.32 Å². The van der Waals surface area contributed by atoms with Crippen molar-refractivity contribution in [2.45, 2.75) is 65.5 Å². The topological polar surface area (TPSA) is 24.9 Å². The average Bonchev–Trinajstić information content (AvgIpc) is 2.34. The largest absolute Gasteiger partial charge is 0.310 e. The second kappa shape index (κ2) is 8.24. The minimum absolute atomic E-state index is 0.666. The molecule has 1 aromatic heterocycles. The Bertz CT molecular complexity index is 310. The molecule has 1 N–H and O–H groups in total. The fraction of sp³-hybridized carbons (Fsp3) is 0.667. The van der Waals surface area contributed by atoms with Crippen LogP contribution in [0.25, 0.3) is 0 Å². The molecule has 2 nitrogen and oxygen atoms in total. The molecule has 1 heterocycles. The summed E-state index contributed by atoms with van der Waals surface area (Å²) in [7, 11) is 0. The molecule has 0 aliphatic rings. The summed E-state index contributed by atoms with van der Waals surface area (Å²) in [5.74, 6) is 0. The first-order chi connectivity index (χ1) is 8.27. The lowest BCUT2D eigenvalue weighted by molar-refractivity contribution is 0.433. The van der Waals surface area contributed by atoms with E-state index in [1.165, 1.54) is 43.2 Å². The van der Waals surface area contributed by atoms with Gasteiger partial charge in [-0.15, -0.1) is 0 Å². The van der Waals surface area contributed by atoms with E-state index in [0.29, 0.717) is 6.04 Å². The molecule has 0 aliphatic heterocycles. The lowest BCUT2D eigenvalue weighted by atomic mass is 10.0. The Morgan fingerprint density at radius 1 is 1.24 bits per heavy atom. The summed E-state index contributed by atoms with van der Waals surface area (Å²) in [6.07, 6.45) is 10.3. The first kappa shape index (κ1) is 14.2. The van der Waals surface area contributed by atoms with Gasteiger partial charge in [0.15, 0.2) is 0 Å². The highest BCUT2D eigenvalue weighted by Crippen LogP contribution is 2.10. The van der Waals surface area contributed by atoms with Gasteiger partial charge in [-0.2, -0.15) is 0 Å². The zero-order chi connectivity index (χ0) is 12.5. The van der Waals surface area contributed by atoms with E-state index in [9.17, 15) is 0 Å². The molecule has 1 atom stereocenters. The normalized spacial score (nSPS) is 12.6. The maximum atomic E-state index is 4.19. The Labute approximate surface area is 106 Å². The molecule has 0 radical (unpaired) electrons. The number of aromatic nitrogens is 1. The standard InChI is InChI=1S/C15H26N2/c1-4-6-8-15(7-5-2)17-12-14-11-16-10-9-13(14)3/h9-11,15,17H,4-8,12H2,1-3H3. The minimum Gasteiger partial charge on any atom is -0.310 e. The highest BCUT2D eigenvalue weighted by Gasteiger charge is 2.07. The number of rotatable bonds is 8. The van der Waals surface area contributed by atoms with Crippen LogP contribution >= 0.6 is 0 Å². The third kappa shape index (κ3) is 5.31. The molecule has 0 amide bonds. The van der Waals surface area contributed by atoms with Crippen LogP contribution in [0.3, 0.4) is 0 Å². The fourth-order valence-corrected chi connectivity index (χ4v) is 2.08. The third-order valence-electron chi connectivity index (χ3n) is 3.27. The molecule has 0 saturated carbocycles. The zero-order valence-corrected chi connectivity index (χ0v) is 11.5. The molecule has 0 bridgehead atoms. The maximum Gasteiger partial charge on any atom is 0.0315 e. The highest BCUT2D eigenvalue weighted by molar-refractivity contribution is 5.21. The number of hydrogen-bond donors (Lipinski definition) is 1. The third-order valence-corrected chi connectivity index (χ3v) is 3.27. The van der Waals surface area contributed by atoms with Gasteiger partial charge in [-0.25, -0.2) is 0 Å². The molecular formula is C15H26N2. The van der Waals surface area contributed by atoms with E-state index in [2.05, 4.69) is 37.1 Å². The average molecular weight is 234 g/mol. The molecule has 2 heteroatoms. The van der Waals surface area contributed by atoms with E-state index in [4.69, 9.17) is 0 Å². The molecule has 0 aliphatic carbocycles. The second-order valence-corrected chi connectivity index (χ2v) is 4.81. The molecule has 0 spiro atoms. The van der Waals surface area contributed by atoms with Gasteiger partial charge >= 0.3 is 0 Å². The van der Waals surface area contributed by atoms with Crippen molar-refractivity contribution in [2.24, 2.45) is 0 Å². The first-order valence-corrected chi connectivity index (χ1v) is 6.90. The Kier molecular flexibility index (Phi) is 6.87. The van der Waals surface area contributed by atoms with Crippen LogP contribution in [-0.4, -0.2) is 11.0 Å². The number of nitrogens with one attached hydrogen (secondary N) is 1. The zero-order valence-electron chi connectivity index (χ0n) is 11.5. The van der Waals surface area contributed by atoms with Gasteiger partial charge in [0.2, 0.25) is 0 Å². The number of pyridine rings is 1. The van der Waals surface area contributed by atoms with Gasteiger partial charge in [-0.3, -0.25) is 4.98 Å². The van der Waals surface area contributed by atoms with E-state index in [1.54, 1.807) is 0 Å². The molecular weight excluding hydrogens is 208 g/mol. The van der Waals surface area contributed by atoms with Crippen molar-refractivity contribution >= 4 is 0 Å². The van der Waals surface area contributed by atoms with E-state index in [-0.39, 0.29) is 0 Å². The maximum absolute atomic E-state index is 4.19. The van der Waals surface area contributed by atoms with Crippen LogP contribution in [0.4, 0.5) is 0 Å². The number of unbranched alkanes of at least 4 members (excludes halogenated alkanes) is 1. The Morgan fingerprint density at radius 3 is 2.71 bits per heavy atom. The summed E-state index contributed by atoms with van der Waals surface area (Å²) in [5.41, 5.74) is 2.66. The van der Waals surface area contributed by atoms with Crippen molar-refractivity contribution in [1.29, 1.82) is 0 Å². The number of aryl methyl sites for hydroxylation is 1. The van der Waals surface area contributed by atoms with Gasteiger partial charge in [-0.05, 0) is 37.0 Å². The van der Waals surface area contributed by atoms with Crippen molar-refractivity contribution in [2.75, 3.05) is 0 Å². The highest BCUT2D eigenvalue weighted by atomic mass is 14.9. The number of hydrogen-bond acceptors (Lipinski definition) is 2. The number of nitrogens with zero attached hydrogens (tertiary/aromatic N) is 1. The van der Waals surface area contributed by atoms with Crippen LogP contribution in [0.5, 0.6) is 0 Å². The predicted octanol–water partition coefficient (Wildman–Crippen LogP) is 3.84. The summed E-state index contributed by atoms with van der Waals surface area (Å²) in [4.78, 5) is 4.19. The molecule has 0 fully saturated rings. The van der Waals surface area contributed by atoms with Crippen molar-refractivity contribution in [3.05, 3.63) is 29.6 Å². The van der Waals surface area contributed by atoms with Crippen molar-refractivity contribution in [3.8, 4) is 0 Å². The van der Waals surface area contributed by atoms with Crippen LogP contribution in [0.1, 0.15) is 57.1 Å².